The highest BCUT2D eigenvalue weighted by molar-refractivity contribution is 7.99. The van der Waals surface area contributed by atoms with Crippen LogP contribution in [0.4, 0.5) is 11.4 Å². The number of amides is 2. The molecule has 0 saturated carbocycles. The molecule has 2 amide bonds. The molecule has 0 radical (unpaired) electrons. The zero-order chi connectivity index (χ0) is 25.2. The van der Waals surface area contributed by atoms with E-state index in [1.807, 2.05) is 0 Å². The van der Waals surface area contributed by atoms with Gasteiger partial charge in [-0.1, -0.05) is 0 Å². The molecule has 0 spiro atoms. The number of carbonyl (C=O) groups excluding carboxylic acids is 2. The van der Waals surface area contributed by atoms with Gasteiger partial charge in [-0.05, 0) is 74.8 Å². The second-order valence-electron chi connectivity index (χ2n) is 7.03. The molecule has 13 heteroatoms. The highest BCUT2D eigenvalue weighted by Gasteiger charge is 2.12. The molecule has 34 heavy (non-hydrogen) atoms. The number of hydrogen-bond donors (Lipinski definition) is 4. The second kappa shape index (κ2) is 12.9. The Morgan fingerprint density at radius 2 is 1.09 bits per heavy atom. The van der Waals surface area contributed by atoms with Gasteiger partial charge < -0.3 is 10.6 Å². The monoisotopic (exact) mass is 528 g/mol. The molecule has 4 N–H and O–H groups in total. The highest BCUT2D eigenvalue weighted by atomic mass is 32.2. The lowest BCUT2D eigenvalue weighted by Crippen LogP contribution is -2.18. The van der Waals surface area contributed by atoms with Gasteiger partial charge in [0.15, 0.2) is 0 Å². The Kier molecular flexibility index (Phi) is 10.5. The first-order valence-corrected chi connectivity index (χ1v) is 14.4. The third kappa shape index (κ3) is 8.72. The van der Waals surface area contributed by atoms with E-state index < -0.39 is 20.0 Å². The predicted molar refractivity (Wildman–Crippen MR) is 134 cm³/mol. The van der Waals surface area contributed by atoms with Crippen LogP contribution in [0.5, 0.6) is 0 Å². The van der Waals surface area contributed by atoms with Gasteiger partial charge in [-0.15, -0.1) is 0 Å². The number of sulfonamides is 2. The van der Waals surface area contributed by atoms with Crippen LogP contribution in [0.1, 0.15) is 19.3 Å². The van der Waals surface area contributed by atoms with E-state index in [0.29, 0.717) is 35.7 Å². The van der Waals surface area contributed by atoms with Crippen molar-refractivity contribution in [1.82, 2.24) is 9.44 Å². The topological polar surface area (TPSA) is 151 Å². The Morgan fingerprint density at radius 1 is 0.676 bits per heavy atom. The summed E-state index contributed by atoms with van der Waals surface area (Å²) in [6, 6.07) is 11.8. The predicted octanol–water partition coefficient (Wildman–Crippen LogP) is 1.98. The first kappa shape index (κ1) is 27.8. The molecule has 186 valence electrons. The third-order valence-corrected chi connectivity index (χ3v) is 8.53. The Hall–Kier alpha value is -2.45. The molecule has 0 aliphatic heterocycles. The maximum atomic E-state index is 12.0. The summed E-state index contributed by atoms with van der Waals surface area (Å²) in [5.41, 5.74) is 1.03. The summed E-state index contributed by atoms with van der Waals surface area (Å²) in [6.45, 7) is 0. The van der Waals surface area contributed by atoms with Crippen LogP contribution in [0.15, 0.2) is 58.3 Å². The van der Waals surface area contributed by atoms with Crippen molar-refractivity contribution in [2.24, 2.45) is 0 Å². The number of carbonyl (C=O) groups is 2. The van der Waals surface area contributed by atoms with E-state index >= 15 is 0 Å². The van der Waals surface area contributed by atoms with E-state index in [0.717, 1.165) is 0 Å². The lowest BCUT2D eigenvalue weighted by molar-refractivity contribution is -0.116. The van der Waals surface area contributed by atoms with E-state index in [9.17, 15) is 26.4 Å². The van der Waals surface area contributed by atoms with E-state index in [-0.39, 0.29) is 28.0 Å². The second-order valence-corrected chi connectivity index (χ2v) is 12.0. The Balaban J connectivity index is 1.63. The number of thioether (sulfide) groups is 1. The first-order chi connectivity index (χ1) is 16.1. The fourth-order valence-electron chi connectivity index (χ4n) is 2.72. The zero-order valence-corrected chi connectivity index (χ0v) is 21.3. The Morgan fingerprint density at radius 3 is 1.50 bits per heavy atom. The number of anilines is 2. The Labute approximate surface area is 204 Å². The Bertz CT molecular complexity index is 1090. The van der Waals surface area contributed by atoms with Gasteiger partial charge in [0.2, 0.25) is 31.9 Å². The zero-order valence-electron chi connectivity index (χ0n) is 18.8. The van der Waals surface area contributed by atoms with Gasteiger partial charge in [-0.2, -0.15) is 11.8 Å². The van der Waals surface area contributed by atoms with Gasteiger partial charge >= 0.3 is 0 Å². The van der Waals surface area contributed by atoms with Crippen LogP contribution in [0.2, 0.25) is 0 Å². The molecule has 2 aromatic carbocycles. The minimum absolute atomic E-state index is 0.117. The van der Waals surface area contributed by atoms with Crippen molar-refractivity contribution in [2.45, 2.75) is 29.1 Å². The summed E-state index contributed by atoms with van der Waals surface area (Å²) in [7, 11) is -4.38. The maximum absolute atomic E-state index is 12.0. The number of hydrogen-bond acceptors (Lipinski definition) is 7. The van der Waals surface area contributed by atoms with Gasteiger partial charge in [-0.25, -0.2) is 26.3 Å². The summed E-state index contributed by atoms with van der Waals surface area (Å²) in [6.07, 6.45) is 1.22. The molecule has 10 nitrogen and oxygen atoms in total. The SMILES string of the molecule is CNS(=O)(=O)c1ccc(NC(=O)CCCSCCC(=O)Nc2ccc(S(=O)(=O)NC)cc2)cc1. The van der Waals surface area contributed by atoms with Crippen LogP contribution < -0.4 is 20.1 Å². The van der Waals surface area contributed by atoms with Crippen molar-refractivity contribution in [1.29, 1.82) is 0 Å². The average molecular weight is 529 g/mol. The van der Waals surface area contributed by atoms with Crippen LogP contribution in [-0.2, 0) is 29.6 Å². The summed E-state index contributed by atoms with van der Waals surface area (Å²) in [5, 5.41) is 5.44. The van der Waals surface area contributed by atoms with Gasteiger partial charge in [-0.3, -0.25) is 9.59 Å². The number of benzene rings is 2. The number of rotatable bonds is 13. The molecule has 0 atom stereocenters. The smallest absolute Gasteiger partial charge is 0.240 e. The van der Waals surface area contributed by atoms with Crippen molar-refractivity contribution < 1.29 is 26.4 Å². The largest absolute Gasteiger partial charge is 0.326 e. The molecule has 2 rings (SSSR count). The van der Waals surface area contributed by atoms with E-state index in [2.05, 4.69) is 20.1 Å². The van der Waals surface area contributed by atoms with Crippen LogP contribution in [-0.4, -0.2) is 54.3 Å². The molecular formula is C21H28N4O6S3. The van der Waals surface area contributed by atoms with Crippen LogP contribution >= 0.6 is 11.8 Å². The molecule has 0 fully saturated rings. The van der Waals surface area contributed by atoms with Crippen LogP contribution in [0, 0.1) is 0 Å². The van der Waals surface area contributed by atoms with Crippen molar-refractivity contribution in [2.75, 3.05) is 36.2 Å². The summed E-state index contributed by atoms with van der Waals surface area (Å²) >= 11 is 1.55. The van der Waals surface area contributed by atoms with Gasteiger partial charge in [0, 0.05) is 30.0 Å². The van der Waals surface area contributed by atoms with E-state index in [1.165, 1.54) is 62.6 Å². The molecule has 0 aromatic heterocycles. The van der Waals surface area contributed by atoms with Crippen molar-refractivity contribution in [3.8, 4) is 0 Å². The lowest BCUT2D eigenvalue weighted by atomic mass is 10.3. The average Bonchev–Trinajstić information content (AvgIpc) is 2.82. The maximum Gasteiger partial charge on any atom is 0.240 e. The normalized spacial score (nSPS) is 11.7. The highest BCUT2D eigenvalue weighted by Crippen LogP contribution is 2.16. The van der Waals surface area contributed by atoms with Crippen LogP contribution in [0.3, 0.4) is 0 Å². The van der Waals surface area contributed by atoms with Crippen LogP contribution in [0.25, 0.3) is 0 Å². The molecule has 0 aliphatic rings. The molecule has 0 saturated heterocycles. The first-order valence-electron chi connectivity index (χ1n) is 10.3. The van der Waals surface area contributed by atoms with Crippen molar-refractivity contribution in [3.05, 3.63) is 48.5 Å². The van der Waals surface area contributed by atoms with E-state index in [1.54, 1.807) is 11.8 Å². The molecule has 0 aliphatic carbocycles. The molecular weight excluding hydrogens is 500 g/mol. The summed E-state index contributed by atoms with van der Waals surface area (Å²) in [4.78, 5) is 24.3. The lowest BCUT2D eigenvalue weighted by Gasteiger charge is -2.08. The molecule has 2 aromatic rings. The van der Waals surface area contributed by atoms with Crippen molar-refractivity contribution >= 4 is 55.0 Å². The molecule has 0 unspecified atom stereocenters. The molecule has 0 bridgehead atoms. The minimum Gasteiger partial charge on any atom is -0.326 e. The molecule has 0 heterocycles. The fourth-order valence-corrected chi connectivity index (χ4v) is 5.06. The van der Waals surface area contributed by atoms with Gasteiger partial charge in [0.1, 0.15) is 0 Å². The van der Waals surface area contributed by atoms with Crippen molar-refractivity contribution in [3.63, 3.8) is 0 Å². The third-order valence-electron chi connectivity index (χ3n) is 4.60. The summed E-state index contributed by atoms with van der Waals surface area (Å²) < 4.78 is 51.3. The standard InChI is InChI=1S/C21H28N4O6S3/c1-22-33(28,29)18-9-5-16(6-10-18)24-20(26)4-3-14-32-15-13-21(27)25-17-7-11-19(12-8-17)34(30,31)23-2/h5-12,22-23H,3-4,13-15H2,1-2H3,(H,24,26)(H,25,27). The van der Waals surface area contributed by atoms with E-state index in [4.69, 9.17) is 0 Å². The fraction of sp³-hybridized carbons (Fsp3) is 0.333. The van der Waals surface area contributed by atoms with Gasteiger partial charge in [0.05, 0.1) is 9.79 Å². The number of nitrogens with one attached hydrogen (secondary N) is 4. The quantitative estimate of drug-likeness (QED) is 0.290. The van der Waals surface area contributed by atoms with Gasteiger partial charge in [0.25, 0.3) is 0 Å². The summed E-state index contributed by atoms with van der Waals surface area (Å²) in [5.74, 6) is 0.932. The minimum atomic E-state index is -3.52.